The lowest BCUT2D eigenvalue weighted by molar-refractivity contribution is -0.137. The normalized spacial score (nSPS) is 17.8. The molecule has 2 aromatic carbocycles. The number of para-hydroxylation sites is 1. The Balaban J connectivity index is 1.33. The molecule has 3 heterocycles. The average Bonchev–Trinajstić information content (AvgIpc) is 3.21. The molecule has 2 saturated heterocycles. The zero-order valence-electron chi connectivity index (χ0n) is 20.8. The summed E-state index contributed by atoms with van der Waals surface area (Å²) in [5.74, 6) is 0.772. The lowest BCUT2D eigenvalue weighted by atomic mass is 9.90. The smallest absolute Gasteiger partial charge is 0.416 e. The second kappa shape index (κ2) is 9.70. The fourth-order valence-electron chi connectivity index (χ4n) is 5.04. The third-order valence-corrected chi connectivity index (χ3v) is 7.15. The molecule has 0 aliphatic carbocycles. The molecule has 2 aliphatic rings. The summed E-state index contributed by atoms with van der Waals surface area (Å²) >= 11 is 0. The van der Waals surface area contributed by atoms with E-state index in [1.54, 1.807) is 11.1 Å². The van der Waals surface area contributed by atoms with Gasteiger partial charge in [0.1, 0.15) is 11.4 Å². The Hall–Kier alpha value is -3.59. The van der Waals surface area contributed by atoms with E-state index in [0.717, 1.165) is 28.7 Å². The molecule has 1 amide bonds. The van der Waals surface area contributed by atoms with Crippen LogP contribution in [0.5, 0.6) is 0 Å². The van der Waals surface area contributed by atoms with E-state index >= 15 is 0 Å². The molecule has 0 unspecified atom stereocenters. The minimum atomic E-state index is -4.43. The molecule has 9 heteroatoms. The highest BCUT2D eigenvalue weighted by Gasteiger charge is 2.47. The fraction of sp³-hybridized carbons (Fsp3) is 0.357. The molecule has 0 radical (unpaired) electrons. The molecule has 5 rings (SSSR count). The number of carbonyl (C=O) groups is 1. The highest BCUT2D eigenvalue weighted by atomic mass is 19.4. The van der Waals surface area contributed by atoms with E-state index in [1.807, 2.05) is 61.5 Å². The number of amides is 1. The molecule has 6 nitrogen and oxygen atoms in total. The molecule has 3 aromatic rings. The van der Waals surface area contributed by atoms with Crippen molar-refractivity contribution in [3.63, 3.8) is 0 Å². The second-order valence-corrected chi connectivity index (χ2v) is 9.92. The van der Waals surface area contributed by atoms with Gasteiger partial charge < -0.3 is 9.64 Å². The van der Waals surface area contributed by atoms with Gasteiger partial charge in [-0.1, -0.05) is 24.3 Å². The van der Waals surface area contributed by atoms with Gasteiger partial charge >= 0.3 is 12.3 Å². The number of nitrogens with zero attached hydrogens (tertiary/aromatic N) is 4. The maximum atomic E-state index is 13.6. The first-order chi connectivity index (χ1) is 17.6. The van der Waals surface area contributed by atoms with Crippen LogP contribution in [-0.4, -0.2) is 55.3 Å². The average molecular weight is 511 g/mol. The van der Waals surface area contributed by atoms with Crippen molar-refractivity contribution in [3.05, 3.63) is 78.0 Å². The van der Waals surface area contributed by atoms with Crippen molar-refractivity contribution in [3.8, 4) is 11.1 Å². The third kappa shape index (κ3) is 5.27. The maximum absolute atomic E-state index is 13.6. The Morgan fingerprint density at radius 1 is 1.03 bits per heavy atom. The summed E-state index contributed by atoms with van der Waals surface area (Å²) < 4.78 is 46.5. The van der Waals surface area contributed by atoms with E-state index in [4.69, 9.17) is 4.74 Å². The van der Waals surface area contributed by atoms with Crippen LogP contribution in [0, 0.1) is 0 Å². The van der Waals surface area contributed by atoms with Crippen LogP contribution in [0.4, 0.5) is 29.5 Å². The van der Waals surface area contributed by atoms with Gasteiger partial charge in [-0.2, -0.15) is 13.2 Å². The van der Waals surface area contributed by atoms with Crippen molar-refractivity contribution in [2.45, 2.75) is 31.2 Å². The molecule has 194 valence electrons. The number of likely N-dealkylation sites (tertiary alicyclic amines) is 1. The second-order valence-electron chi connectivity index (χ2n) is 9.92. The summed E-state index contributed by atoms with van der Waals surface area (Å²) in [7, 11) is 3.77. The van der Waals surface area contributed by atoms with Crippen LogP contribution in [0.1, 0.15) is 24.0 Å². The molecule has 0 N–H and O–H groups in total. The first-order valence-corrected chi connectivity index (χ1v) is 12.3. The standard InChI is InChI=1S/C28H29F3N4O2/c1-33(2)25-11-8-20(17-32-25)24-10-9-22(28(29,30)31)16-21(24)18-34-14-12-27(13-15-34)19-35(26(36)37-27)23-6-4-3-5-7-23/h3-11,16-17H,12-15,18-19H2,1-2H3. The number of carbonyl (C=O) groups excluding carboxylic acids is 1. The molecule has 2 fully saturated rings. The molecule has 0 atom stereocenters. The maximum Gasteiger partial charge on any atom is 0.416 e. The van der Waals surface area contributed by atoms with Gasteiger partial charge in [0.2, 0.25) is 0 Å². The van der Waals surface area contributed by atoms with E-state index in [1.165, 1.54) is 12.1 Å². The number of ether oxygens (including phenoxy) is 1. The number of rotatable bonds is 5. The quantitative estimate of drug-likeness (QED) is 0.433. The Morgan fingerprint density at radius 3 is 2.38 bits per heavy atom. The Morgan fingerprint density at radius 2 is 1.76 bits per heavy atom. The van der Waals surface area contributed by atoms with Gasteiger partial charge in [0.25, 0.3) is 0 Å². The topological polar surface area (TPSA) is 48.9 Å². The van der Waals surface area contributed by atoms with Crippen molar-refractivity contribution in [1.29, 1.82) is 0 Å². The number of benzene rings is 2. The summed E-state index contributed by atoms with van der Waals surface area (Å²) in [4.78, 5) is 22.7. The van der Waals surface area contributed by atoms with Crippen molar-refractivity contribution in [2.75, 3.05) is 43.5 Å². The molecular weight excluding hydrogens is 481 g/mol. The van der Waals surface area contributed by atoms with Crippen molar-refractivity contribution < 1.29 is 22.7 Å². The van der Waals surface area contributed by atoms with Crippen molar-refractivity contribution in [1.82, 2.24) is 9.88 Å². The third-order valence-electron chi connectivity index (χ3n) is 7.15. The van der Waals surface area contributed by atoms with Gasteiger partial charge in [-0.25, -0.2) is 9.78 Å². The van der Waals surface area contributed by atoms with Crippen LogP contribution in [0.2, 0.25) is 0 Å². The molecule has 0 bridgehead atoms. The Bertz CT molecular complexity index is 1250. The zero-order valence-corrected chi connectivity index (χ0v) is 20.8. The van der Waals surface area contributed by atoms with Crippen LogP contribution in [0.3, 0.4) is 0 Å². The van der Waals surface area contributed by atoms with Crippen LogP contribution in [0.15, 0.2) is 66.9 Å². The number of hydrogen-bond acceptors (Lipinski definition) is 5. The first-order valence-electron chi connectivity index (χ1n) is 12.3. The number of halogens is 3. The zero-order chi connectivity index (χ0) is 26.2. The predicted octanol–water partition coefficient (Wildman–Crippen LogP) is 5.82. The van der Waals surface area contributed by atoms with Crippen LogP contribution in [-0.2, 0) is 17.5 Å². The summed E-state index contributed by atoms with van der Waals surface area (Å²) in [6, 6.07) is 17.1. The molecule has 2 aliphatic heterocycles. The fourth-order valence-corrected chi connectivity index (χ4v) is 5.04. The largest absolute Gasteiger partial charge is 0.441 e. The summed E-state index contributed by atoms with van der Waals surface area (Å²) in [5, 5.41) is 0. The Labute approximate surface area is 214 Å². The van der Waals surface area contributed by atoms with Crippen molar-refractivity contribution in [2.24, 2.45) is 0 Å². The van der Waals surface area contributed by atoms with E-state index in [9.17, 15) is 18.0 Å². The predicted molar refractivity (Wildman–Crippen MR) is 137 cm³/mol. The lowest BCUT2D eigenvalue weighted by Crippen LogP contribution is -2.46. The first kappa shape index (κ1) is 25.1. The van der Waals surface area contributed by atoms with E-state index in [-0.39, 0.29) is 6.09 Å². The molecular formula is C28H29F3N4O2. The monoisotopic (exact) mass is 510 g/mol. The van der Waals surface area contributed by atoms with E-state index < -0.39 is 17.3 Å². The van der Waals surface area contributed by atoms with Gasteiger partial charge in [-0.3, -0.25) is 9.80 Å². The van der Waals surface area contributed by atoms with E-state index in [0.29, 0.717) is 44.6 Å². The number of alkyl halides is 3. The van der Waals surface area contributed by atoms with Gasteiger partial charge in [0, 0.05) is 64.0 Å². The molecule has 37 heavy (non-hydrogen) atoms. The molecule has 1 spiro atoms. The van der Waals surface area contributed by atoms with Gasteiger partial charge in [0.15, 0.2) is 0 Å². The van der Waals surface area contributed by atoms with E-state index in [2.05, 4.69) is 9.88 Å². The summed E-state index contributed by atoms with van der Waals surface area (Å²) in [6.45, 7) is 2.07. The highest BCUT2D eigenvalue weighted by Crippen LogP contribution is 2.38. The summed E-state index contributed by atoms with van der Waals surface area (Å²) in [6.07, 6.45) is -1.84. The van der Waals surface area contributed by atoms with Crippen LogP contribution in [0.25, 0.3) is 11.1 Å². The summed E-state index contributed by atoms with van der Waals surface area (Å²) in [5.41, 5.74) is 1.65. The minimum Gasteiger partial charge on any atom is -0.441 e. The van der Waals surface area contributed by atoms with Gasteiger partial charge in [-0.15, -0.1) is 0 Å². The SMILES string of the molecule is CN(C)c1ccc(-c2ccc(C(F)(F)F)cc2CN2CCC3(CC2)CN(c2ccccc2)C(=O)O3)cn1. The van der Waals surface area contributed by atoms with Gasteiger partial charge in [0.05, 0.1) is 12.1 Å². The molecule has 0 saturated carbocycles. The Kier molecular flexibility index (Phi) is 6.58. The number of piperidine rings is 1. The number of anilines is 2. The van der Waals surface area contributed by atoms with Crippen LogP contribution >= 0.6 is 0 Å². The lowest BCUT2D eigenvalue weighted by Gasteiger charge is -2.37. The molecule has 1 aromatic heterocycles. The van der Waals surface area contributed by atoms with Gasteiger partial charge in [-0.05, 0) is 47.5 Å². The van der Waals surface area contributed by atoms with Crippen molar-refractivity contribution >= 4 is 17.6 Å². The number of pyridine rings is 1. The number of hydrogen-bond donors (Lipinski definition) is 0. The highest BCUT2D eigenvalue weighted by molar-refractivity contribution is 5.90. The minimum absolute atomic E-state index is 0.353. The number of aromatic nitrogens is 1. The van der Waals surface area contributed by atoms with Crippen LogP contribution < -0.4 is 9.80 Å².